The number of aryl methyl sites for hydroxylation is 1. The highest BCUT2D eigenvalue weighted by Crippen LogP contribution is 2.19. The average molecular weight is 242 g/mol. The molecule has 1 aromatic carbocycles. The normalized spacial score (nSPS) is 12.2. The first-order valence-electron chi connectivity index (χ1n) is 5.28. The number of carbonyl (C=O) groups is 1. The van der Waals surface area contributed by atoms with Crippen LogP contribution in [0.4, 0.5) is 4.39 Å². The maximum Gasteiger partial charge on any atom is 0.336 e. The van der Waals surface area contributed by atoms with E-state index in [1.165, 1.54) is 6.07 Å². The fourth-order valence-electron chi connectivity index (χ4n) is 1.29. The smallest absolute Gasteiger partial charge is 0.336 e. The predicted octanol–water partition coefficient (Wildman–Crippen LogP) is 2.00. The second kappa shape index (κ2) is 6.20. The van der Waals surface area contributed by atoms with Crippen LogP contribution in [0.1, 0.15) is 12.5 Å². The highest BCUT2D eigenvalue weighted by molar-refractivity contribution is 5.72. The van der Waals surface area contributed by atoms with Gasteiger partial charge in [0.05, 0.1) is 0 Å². The first-order chi connectivity index (χ1) is 8.06. The van der Waals surface area contributed by atoms with Crippen molar-refractivity contribution in [3.63, 3.8) is 0 Å². The Morgan fingerprint density at radius 1 is 1.53 bits per heavy atom. The van der Waals surface area contributed by atoms with Gasteiger partial charge in [-0.15, -0.1) is 0 Å². The minimum Gasteiger partial charge on any atom is -0.487 e. The van der Waals surface area contributed by atoms with E-state index in [0.717, 1.165) is 0 Å². The molecule has 1 N–H and O–H groups in total. The third kappa shape index (κ3) is 3.71. The van der Waals surface area contributed by atoms with Crippen LogP contribution in [0.2, 0.25) is 0 Å². The summed E-state index contributed by atoms with van der Waals surface area (Å²) >= 11 is 0. The van der Waals surface area contributed by atoms with Gasteiger partial charge in [-0.3, -0.25) is 0 Å². The summed E-state index contributed by atoms with van der Waals surface area (Å²) in [4.78, 5) is 10.8. The lowest BCUT2D eigenvalue weighted by molar-refractivity contribution is -0.152. The summed E-state index contributed by atoms with van der Waals surface area (Å²) in [6.45, 7) is 3.34. The van der Waals surface area contributed by atoms with Crippen LogP contribution in [-0.4, -0.2) is 30.4 Å². The molecule has 94 valence electrons. The summed E-state index contributed by atoms with van der Waals surface area (Å²) in [5, 5.41) is 8.81. The Kier molecular flexibility index (Phi) is 4.90. The molecule has 0 bridgehead atoms. The van der Waals surface area contributed by atoms with Gasteiger partial charge in [-0.2, -0.15) is 0 Å². The van der Waals surface area contributed by atoms with Gasteiger partial charge in [0.25, 0.3) is 0 Å². The highest BCUT2D eigenvalue weighted by Gasteiger charge is 2.19. The van der Waals surface area contributed by atoms with Crippen molar-refractivity contribution in [3.05, 3.63) is 29.6 Å². The SMILES string of the molecule is CCOC(COc1cccc(C)c1F)C(=O)O. The zero-order valence-electron chi connectivity index (χ0n) is 9.77. The number of carboxylic acid groups (broad SMARTS) is 1. The van der Waals surface area contributed by atoms with E-state index in [1.807, 2.05) is 0 Å². The van der Waals surface area contributed by atoms with Gasteiger partial charge >= 0.3 is 5.97 Å². The molecule has 17 heavy (non-hydrogen) atoms. The Morgan fingerprint density at radius 3 is 2.82 bits per heavy atom. The van der Waals surface area contributed by atoms with Gasteiger partial charge in [0, 0.05) is 6.61 Å². The van der Waals surface area contributed by atoms with E-state index in [1.54, 1.807) is 26.0 Å². The first-order valence-corrected chi connectivity index (χ1v) is 5.28. The quantitative estimate of drug-likeness (QED) is 0.829. The molecule has 0 aliphatic carbocycles. The lowest BCUT2D eigenvalue weighted by Gasteiger charge is -2.14. The van der Waals surface area contributed by atoms with Crippen LogP contribution >= 0.6 is 0 Å². The Bertz CT molecular complexity index is 392. The van der Waals surface area contributed by atoms with E-state index in [9.17, 15) is 9.18 Å². The number of rotatable bonds is 6. The van der Waals surface area contributed by atoms with Gasteiger partial charge < -0.3 is 14.6 Å². The van der Waals surface area contributed by atoms with Crippen molar-refractivity contribution in [3.8, 4) is 5.75 Å². The number of halogens is 1. The summed E-state index contributed by atoms with van der Waals surface area (Å²) in [5.74, 6) is -1.57. The zero-order chi connectivity index (χ0) is 12.8. The van der Waals surface area contributed by atoms with E-state index in [2.05, 4.69) is 0 Å². The summed E-state index contributed by atoms with van der Waals surface area (Å²) in [6.07, 6.45) is -1.08. The number of carboxylic acids is 1. The molecule has 4 nitrogen and oxygen atoms in total. The molecule has 0 spiro atoms. The van der Waals surface area contributed by atoms with E-state index in [-0.39, 0.29) is 19.0 Å². The largest absolute Gasteiger partial charge is 0.487 e. The number of benzene rings is 1. The Hall–Kier alpha value is -1.62. The molecule has 0 saturated heterocycles. The molecular formula is C12H15FO4. The Morgan fingerprint density at radius 2 is 2.24 bits per heavy atom. The van der Waals surface area contributed by atoms with E-state index in [4.69, 9.17) is 14.6 Å². The molecule has 1 atom stereocenters. The molecule has 1 rings (SSSR count). The van der Waals surface area contributed by atoms with Crippen molar-refractivity contribution in [2.24, 2.45) is 0 Å². The molecule has 0 aliphatic rings. The summed E-state index contributed by atoms with van der Waals surface area (Å²) in [7, 11) is 0. The molecule has 1 unspecified atom stereocenters. The molecule has 5 heteroatoms. The van der Waals surface area contributed by atoms with Crippen LogP contribution in [0.15, 0.2) is 18.2 Å². The molecule has 0 aliphatic heterocycles. The van der Waals surface area contributed by atoms with Crippen LogP contribution in [-0.2, 0) is 9.53 Å². The van der Waals surface area contributed by atoms with Gasteiger partial charge in [0.15, 0.2) is 17.7 Å². The maximum atomic E-state index is 13.5. The third-order valence-corrected chi connectivity index (χ3v) is 2.19. The van der Waals surface area contributed by atoms with Crippen LogP contribution in [0.5, 0.6) is 5.75 Å². The standard InChI is InChI=1S/C12H15FO4/c1-3-16-10(12(14)15)7-17-9-6-4-5-8(2)11(9)13/h4-6,10H,3,7H2,1-2H3,(H,14,15). The zero-order valence-corrected chi connectivity index (χ0v) is 9.77. The molecule has 0 radical (unpaired) electrons. The molecule has 0 amide bonds. The van der Waals surface area contributed by atoms with E-state index >= 15 is 0 Å². The second-order valence-corrected chi connectivity index (χ2v) is 3.48. The van der Waals surface area contributed by atoms with Crippen molar-refractivity contribution in [1.29, 1.82) is 0 Å². The first kappa shape index (κ1) is 13.4. The van der Waals surface area contributed by atoms with E-state index < -0.39 is 17.9 Å². The van der Waals surface area contributed by atoms with Crippen molar-refractivity contribution in [1.82, 2.24) is 0 Å². The lowest BCUT2D eigenvalue weighted by atomic mass is 10.2. The summed E-state index contributed by atoms with van der Waals surface area (Å²) < 4.78 is 23.6. The number of hydrogen-bond donors (Lipinski definition) is 1. The molecule has 0 saturated carbocycles. The van der Waals surface area contributed by atoms with Crippen molar-refractivity contribution in [2.75, 3.05) is 13.2 Å². The fraction of sp³-hybridized carbons (Fsp3) is 0.417. The minimum absolute atomic E-state index is 0.0379. The van der Waals surface area contributed by atoms with Crippen molar-refractivity contribution in [2.45, 2.75) is 20.0 Å². The lowest BCUT2D eigenvalue weighted by Crippen LogP contribution is -2.30. The molecule has 0 heterocycles. The Labute approximate surface area is 99.0 Å². The van der Waals surface area contributed by atoms with Crippen LogP contribution in [0, 0.1) is 12.7 Å². The van der Waals surface area contributed by atoms with Crippen molar-refractivity contribution >= 4 is 5.97 Å². The number of hydrogen-bond acceptors (Lipinski definition) is 3. The van der Waals surface area contributed by atoms with Crippen LogP contribution in [0.25, 0.3) is 0 Å². The highest BCUT2D eigenvalue weighted by atomic mass is 19.1. The van der Waals surface area contributed by atoms with Crippen LogP contribution in [0.3, 0.4) is 0 Å². The molecule has 0 aromatic heterocycles. The second-order valence-electron chi connectivity index (χ2n) is 3.48. The van der Waals surface area contributed by atoms with Gasteiger partial charge in [-0.25, -0.2) is 9.18 Å². The van der Waals surface area contributed by atoms with Gasteiger partial charge in [-0.1, -0.05) is 12.1 Å². The summed E-state index contributed by atoms with van der Waals surface area (Å²) in [5.41, 5.74) is 0.450. The fourth-order valence-corrected chi connectivity index (χ4v) is 1.29. The molecule has 0 fully saturated rings. The van der Waals surface area contributed by atoms with Crippen LogP contribution < -0.4 is 4.74 Å². The van der Waals surface area contributed by atoms with Gasteiger partial charge in [0.1, 0.15) is 6.61 Å². The predicted molar refractivity (Wildman–Crippen MR) is 59.7 cm³/mol. The molecule has 1 aromatic rings. The Balaban J connectivity index is 2.65. The van der Waals surface area contributed by atoms with Crippen molar-refractivity contribution < 1.29 is 23.8 Å². The van der Waals surface area contributed by atoms with Gasteiger partial charge in [-0.05, 0) is 25.5 Å². The van der Waals surface area contributed by atoms with E-state index in [0.29, 0.717) is 5.56 Å². The minimum atomic E-state index is -1.13. The topological polar surface area (TPSA) is 55.8 Å². The number of aliphatic carboxylic acids is 1. The summed E-state index contributed by atoms with van der Waals surface area (Å²) in [6, 6.07) is 4.71. The average Bonchev–Trinajstić information content (AvgIpc) is 2.29. The van der Waals surface area contributed by atoms with Gasteiger partial charge in [0.2, 0.25) is 0 Å². The maximum absolute atomic E-state index is 13.5. The molecular weight excluding hydrogens is 227 g/mol. The number of ether oxygens (including phenoxy) is 2. The monoisotopic (exact) mass is 242 g/mol. The third-order valence-electron chi connectivity index (χ3n) is 2.19.